The lowest BCUT2D eigenvalue weighted by atomic mass is 10.2. The standard InChI is InChI=1S/C16H19BrN2O3/c1-11-13(16(20)22-3)14(17)15(12-5-7-18-8-6-12)19(11)9-4-10-21-2/h5-8H,4,9-10H2,1-3H3. The molecule has 6 heteroatoms. The predicted octanol–water partition coefficient (Wildman–Crippen LogP) is 3.44. The summed E-state index contributed by atoms with van der Waals surface area (Å²) in [6, 6.07) is 3.85. The first-order valence-corrected chi connectivity index (χ1v) is 7.77. The zero-order valence-electron chi connectivity index (χ0n) is 12.9. The molecular formula is C16H19BrN2O3. The fourth-order valence-corrected chi connectivity index (χ4v) is 3.37. The smallest absolute Gasteiger partial charge is 0.340 e. The van der Waals surface area contributed by atoms with Crippen LogP contribution in [0.4, 0.5) is 0 Å². The minimum absolute atomic E-state index is 0.342. The lowest BCUT2D eigenvalue weighted by Gasteiger charge is -2.12. The Balaban J connectivity index is 2.56. The van der Waals surface area contributed by atoms with E-state index in [2.05, 4.69) is 25.5 Å². The van der Waals surface area contributed by atoms with Crippen LogP contribution in [0.2, 0.25) is 0 Å². The van der Waals surface area contributed by atoms with E-state index in [9.17, 15) is 4.79 Å². The lowest BCUT2D eigenvalue weighted by Crippen LogP contribution is -2.07. The van der Waals surface area contributed by atoms with Gasteiger partial charge >= 0.3 is 5.97 Å². The summed E-state index contributed by atoms with van der Waals surface area (Å²) < 4.78 is 12.9. The van der Waals surface area contributed by atoms with E-state index in [4.69, 9.17) is 9.47 Å². The molecule has 22 heavy (non-hydrogen) atoms. The zero-order chi connectivity index (χ0) is 16.1. The Kier molecular flexibility index (Phi) is 5.74. The van der Waals surface area contributed by atoms with E-state index in [1.54, 1.807) is 19.5 Å². The van der Waals surface area contributed by atoms with E-state index in [1.165, 1.54) is 7.11 Å². The third kappa shape index (κ3) is 3.23. The average Bonchev–Trinajstić information content (AvgIpc) is 2.78. The van der Waals surface area contributed by atoms with Gasteiger partial charge in [0.15, 0.2) is 0 Å². The maximum Gasteiger partial charge on any atom is 0.340 e. The van der Waals surface area contributed by atoms with Gasteiger partial charge in [0.25, 0.3) is 0 Å². The van der Waals surface area contributed by atoms with Gasteiger partial charge in [-0.15, -0.1) is 0 Å². The summed E-state index contributed by atoms with van der Waals surface area (Å²) in [6.45, 7) is 3.35. The van der Waals surface area contributed by atoms with E-state index < -0.39 is 0 Å². The number of hydrogen-bond acceptors (Lipinski definition) is 4. The van der Waals surface area contributed by atoms with Gasteiger partial charge in [0.1, 0.15) is 0 Å². The first-order chi connectivity index (χ1) is 10.6. The second-order valence-electron chi connectivity index (χ2n) is 4.85. The van der Waals surface area contributed by atoms with Gasteiger partial charge in [0, 0.05) is 43.9 Å². The van der Waals surface area contributed by atoms with Gasteiger partial charge in [-0.3, -0.25) is 4.98 Å². The summed E-state index contributed by atoms with van der Waals surface area (Å²) >= 11 is 3.57. The molecule has 118 valence electrons. The van der Waals surface area contributed by atoms with E-state index in [-0.39, 0.29) is 5.97 Å². The van der Waals surface area contributed by atoms with Crippen LogP contribution in [0.25, 0.3) is 11.3 Å². The number of ether oxygens (including phenoxy) is 2. The quantitative estimate of drug-likeness (QED) is 0.580. The third-order valence-electron chi connectivity index (χ3n) is 3.54. The van der Waals surface area contributed by atoms with Crippen molar-refractivity contribution in [1.29, 1.82) is 0 Å². The molecule has 0 aliphatic carbocycles. The van der Waals surface area contributed by atoms with Crippen LogP contribution in [-0.2, 0) is 16.0 Å². The van der Waals surface area contributed by atoms with E-state index in [0.29, 0.717) is 12.2 Å². The summed E-state index contributed by atoms with van der Waals surface area (Å²) in [5, 5.41) is 0. The summed E-state index contributed by atoms with van der Waals surface area (Å²) in [7, 11) is 3.07. The first-order valence-electron chi connectivity index (χ1n) is 6.98. The fraction of sp³-hybridized carbons (Fsp3) is 0.375. The van der Waals surface area contributed by atoms with Crippen molar-refractivity contribution >= 4 is 21.9 Å². The summed E-state index contributed by atoms with van der Waals surface area (Å²) in [4.78, 5) is 16.1. The number of halogens is 1. The van der Waals surface area contributed by atoms with Gasteiger partial charge in [-0.25, -0.2) is 4.79 Å². The van der Waals surface area contributed by atoms with Crippen molar-refractivity contribution in [3.05, 3.63) is 40.3 Å². The Bertz CT molecular complexity index is 653. The van der Waals surface area contributed by atoms with Crippen molar-refractivity contribution in [3.8, 4) is 11.3 Å². The van der Waals surface area contributed by atoms with Crippen LogP contribution in [0.5, 0.6) is 0 Å². The molecule has 2 rings (SSSR count). The molecule has 0 N–H and O–H groups in total. The minimum atomic E-state index is -0.342. The number of pyridine rings is 1. The van der Waals surface area contributed by atoms with E-state index >= 15 is 0 Å². The number of carbonyl (C=O) groups is 1. The van der Waals surface area contributed by atoms with Crippen LogP contribution in [0.15, 0.2) is 29.0 Å². The SMILES string of the molecule is COCCCn1c(C)c(C(=O)OC)c(Br)c1-c1ccncc1. The molecule has 0 unspecified atom stereocenters. The second kappa shape index (κ2) is 7.56. The highest BCUT2D eigenvalue weighted by Gasteiger charge is 2.24. The average molecular weight is 367 g/mol. The molecule has 0 atom stereocenters. The number of methoxy groups -OCH3 is 2. The molecule has 2 aromatic heterocycles. The summed E-state index contributed by atoms with van der Waals surface area (Å²) in [5.41, 5.74) is 3.39. The molecule has 0 saturated carbocycles. The van der Waals surface area contributed by atoms with Crippen molar-refractivity contribution < 1.29 is 14.3 Å². The molecule has 0 radical (unpaired) electrons. The normalized spacial score (nSPS) is 10.7. The van der Waals surface area contributed by atoms with Crippen LogP contribution < -0.4 is 0 Å². The molecule has 0 aromatic carbocycles. The maximum absolute atomic E-state index is 12.1. The van der Waals surface area contributed by atoms with Crippen molar-refractivity contribution in [2.24, 2.45) is 0 Å². The Morgan fingerprint density at radius 3 is 2.59 bits per heavy atom. The highest BCUT2D eigenvalue weighted by molar-refractivity contribution is 9.10. The van der Waals surface area contributed by atoms with Gasteiger partial charge in [-0.05, 0) is 41.4 Å². The van der Waals surface area contributed by atoms with E-state index in [1.807, 2.05) is 19.1 Å². The van der Waals surface area contributed by atoms with Gasteiger partial charge < -0.3 is 14.0 Å². The number of esters is 1. The lowest BCUT2D eigenvalue weighted by molar-refractivity contribution is 0.0599. The van der Waals surface area contributed by atoms with Gasteiger partial charge in [-0.2, -0.15) is 0 Å². The topological polar surface area (TPSA) is 53.4 Å². The van der Waals surface area contributed by atoms with Crippen LogP contribution in [-0.4, -0.2) is 36.3 Å². The van der Waals surface area contributed by atoms with Gasteiger partial charge in [-0.1, -0.05) is 0 Å². The Morgan fingerprint density at radius 2 is 2.00 bits per heavy atom. The molecule has 0 saturated heterocycles. The van der Waals surface area contributed by atoms with Crippen molar-refractivity contribution in [1.82, 2.24) is 9.55 Å². The number of hydrogen-bond donors (Lipinski definition) is 0. The molecule has 2 heterocycles. The van der Waals surface area contributed by atoms with Crippen molar-refractivity contribution in [2.75, 3.05) is 20.8 Å². The number of nitrogens with zero attached hydrogens (tertiary/aromatic N) is 2. The molecule has 0 fully saturated rings. The molecule has 0 amide bonds. The van der Waals surface area contributed by atoms with Crippen molar-refractivity contribution in [3.63, 3.8) is 0 Å². The van der Waals surface area contributed by atoms with Gasteiger partial charge in [0.2, 0.25) is 0 Å². The highest BCUT2D eigenvalue weighted by atomic mass is 79.9. The van der Waals surface area contributed by atoms with Crippen LogP contribution in [0, 0.1) is 6.92 Å². The number of aromatic nitrogens is 2. The molecule has 0 aliphatic rings. The largest absolute Gasteiger partial charge is 0.465 e. The Hall–Kier alpha value is -1.66. The molecule has 0 bridgehead atoms. The summed E-state index contributed by atoms with van der Waals surface area (Å²) in [6.07, 6.45) is 4.33. The maximum atomic E-state index is 12.1. The van der Waals surface area contributed by atoms with E-state index in [0.717, 1.165) is 34.4 Å². The number of carbonyl (C=O) groups excluding carboxylic acids is 1. The molecule has 5 nitrogen and oxygen atoms in total. The molecule has 0 aliphatic heterocycles. The van der Waals surface area contributed by atoms with Crippen LogP contribution in [0.1, 0.15) is 22.5 Å². The van der Waals surface area contributed by atoms with Crippen molar-refractivity contribution in [2.45, 2.75) is 19.9 Å². The predicted molar refractivity (Wildman–Crippen MR) is 87.9 cm³/mol. The van der Waals surface area contributed by atoms with Crippen LogP contribution >= 0.6 is 15.9 Å². The monoisotopic (exact) mass is 366 g/mol. The molecular weight excluding hydrogens is 348 g/mol. The summed E-state index contributed by atoms with van der Waals surface area (Å²) in [5.74, 6) is -0.342. The first kappa shape index (κ1) is 16.7. The highest BCUT2D eigenvalue weighted by Crippen LogP contribution is 2.36. The Morgan fingerprint density at radius 1 is 1.32 bits per heavy atom. The van der Waals surface area contributed by atoms with Gasteiger partial charge in [0.05, 0.1) is 22.8 Å². The molecule has 2 aromatic rings. The zero-order valence-corrected chi connectivity index (χ0v) is 14.5. The number of rotatable bonds is 6. The van der Waals surface area contributed by atoms with Crippen LogP contribution in [0.3, 0.4) is 0 Å². The Labute approximate surface area is 138 Å². The second-order valence-corrected chi connectivity index (χ2v) is 5.64. The third-order valence-corrected chi connectivity index (χ3v) is 4.31. The minimum Gasteiger partial charge on any atom is -0.465 e. The fourth-order valence-electron chi connectivity index (χ4n) is 2.48. The molecule has 0 spiro atoms.